The Hall–Kier alpha value is -3.16. The van der Waals surface area contributed by atoms with Gasteiger partial charge in [0.05, 0.1) is 12.0 Å². The summed E-state index contributed by atoms with van der Waals surface area (Å²) in [5.41, 5.74) is 2.34. The third kappa shape index (κ3) is 5.43. The molecular formula is C22H22N2O4S. The number of nitrogens with zero attached hydrogens (tertiary/aromatic N) is 1. The van der Waals surface area contributed by atoms with E-state index in [1.165, 1.54) is 12.1 Å². The molecule has 0 bridgehead atoms. The number of sulfonamides is 1. The highest BCUT2D eigenvalue weighted by molar-refractivity contribution is 7.89. The molecule has 0 unspecified atom stereocenters. The van der Waals surface area contributed by atoms with Gasteiger partial charge in [0.1, 0.15) is 5.75 Å². The number of primary sulfonamides is 1. The predicted molar refractivity (Wildman–Crippen MR) is 111 cm³/mol. The number of amides is 1. The molecule has 0 atom stereocenters. The molecule has 0 heterocycles. The first-order valence-corrected chi connectivity index (χ1v) is 10.5. The Bertz CT molecular complexity index is 1060. The summed E-state index contributed by atoms with van der Waals surface area (Å²) in [6.07, 6.45) is 0. The molecular weight excluding hydrogens is 388 g/mol. The lowest BCUT2D eigenvalue weighted by molar-refractivity contribution is 0.0730. The molecule has 29 heavy (non-hydrogen) atoms. The highest BCUT2D eigenvalue weighted by Crippen LogP contribution is 2.18. The van der Waals surface area contributed by atoms with E-state index in [4.69, 9.17) is 9.88 Å². The largest absolute Gasteiger partial charge is 0.497 e. The van der Waals surface area contributed by atoms with Crippen LogP contribution in [0.2, 0.25) is 0 Å². The monoisotopic (exact) mass is 410 g/mol. The molecule has 0 radical (unpaired) electrons. The van der Waals surface area contributed by atoms with Gasteiger partial charge < -0.3 is 9.64 Å². The molecule has 0 aliphatic heterocycles. The Kier molecular flexibility index (Phi) is 6.31. The van der Waals surface area contributed by atoms with Crippen molar-refractivity contribution in [2.24, 2.45) is 5.14 Å². The Labute approximate surface area is 170 Å². The molecule has 3 aromatic carbocycles. The number of methoxy groups -OCH3 is 1. The molecule has 6 nitrogen and oxygen atoms in total. The summed E-state index contributed by atoms with van der Waals surface area (Å²) in [6.45, 7) is 0.743. The highest BCUT2D eigenvalue weighted by atomic mass is 32.2. The molecule has 150 valence electrons. The fourth-order valence-corrected chi connectivity index (χ4v) is 3.44. The lowest BCUT2D eigenvalue weighted by atomic mass is 10.1. The fraction of sp³-hybridized carbons (Fsp3) is 0.136. The minimum absolute atomic E-state index is 0.0392. The number of ether oxygens (including phenoxy) is 1. The number of hydrogen-bond donors (Lipinski definition) is 1. The van der Waals surface area contributed by atoms with Gasteiger partial charge in [-0.05, 0) is 47.5 Å². The second-order valence-electron chi connectivity index (χ2n) is 6.56. The molecule has 0 saturated carbocycles. The van der Waals surface area contributed by atoms with Gasteiger partial charge in [0, 0.05) is 18.7 Å². The van der Waals surface area contributed by atoms with Gasteiger partial charge in [0.2, 0.25) is 10.0 Å². The molecule has 0 aliphatic rings. The maximum Gasteiger partial charge on any atom is 0.254 e. The van der Waals surface area contributed by atoms with Crippen molar-refractivity contribution in [3.8, 4) is 5.75 Å². The van der Waals surface area contributed by atoms with Crippen LogP contribution in [-0.2, 0) is 23.1 Å². The summed E-state index contributed by atoms with van der Waals surface area (Å²) in [5, 5.41) is 5.16. The summed E-state index contributed by atoms with van der Waals surface area (Å²) < 4.78 is 28.1. The molecule has 3 rings (SSSR count). The molecule has 7 heteroatoms. The van der Waals surface area contributed by atoms with Crippen LogP contribution in [0.4, 0.5) is 0 Å². The van der Waals surface area contributed by atoms with E-state index in [0.29, 0.717) is 24.4 Å². The molecule has 1 amide bonds. The van der Waals surface area contributed by atoms with Gasteiger partial charge >= 0.3 is 0 Å². The summed E-state index contributed by atoms with van der Waals surface area (Å²) in [4.78, 5) is 14.9. The van der Waals surface area contributed by atoms with Crippen molar-refractivity contribution in [2.45, 2.75) is 18.0 Å². The summed E-state index contributed by atoms with van der Waals surface area (Å²) in [6, 6.07) is 22.8. The maximum atomic E-state index is 13.1. The lowest BCUT2D eigenvalue weighted by Crippen LogP contribution is -2.30. The van der Waals surface area contributed by atoms with Gasteiger partial charge in [0.25, 0.3) is 5.91 Å². The number of rotatable bonds is 7. The van der Waals surface area contributed by atoms with E-state index < -0.39 is 10.0 Å². The van der Waals surface area contributed by atoms with E-state index >= 15 is 0 Å². The van der Waals surface area contributed by atoms with Gasteiger partial charge in [-0.3, -0.25) is 4.79 Å². The summed E-state index contributed by atoms with van der Waals surface area (Å²) in [7, 11) is -2.18. The minimum Gasteiger partial charge on any atom is -0.497 e. The highest BCUT2D eigenvalue weighted by Gasteiger charge is 2.17. The smallest absolute Gasteiger partial charge is 0.254 e. The van der Waals surface area contributed by atoms with Crippen LogP contribution in [0.25, 0.3) is 0 Å². The SMILES string of the molecule is COc1ccc(C(=O)N(Cc2ccccc2)Cc2ccc(S(N)(=O)=O)cc2)cc1. The average molecular weight is 410 g/mol. The van der Waals surface area contributed by atoms with Crippen LogP contribution in [0.1, 0.15) is 21.5 Å². The fourth-order valence-electron chi connectivity index (χ4n) is 2.92. The number of hydrogen-bond acceptors (Lipinski definition) is 4. The quantitative estimate of drug-likeness (QED) is 0.648. The van der Waals surface area contributed by atoms with Crippen LogP contribution in [0.5, 0.6) is 5.75 Å². The van der Waals surface area contributed by atoms with Crippen LogP contribution in [-0.4, -0.2) is 26.3 Å². The number of benzene rings is 3. The van der Waals surface area contributed by atoms with Crippen LogP contribution < -0.4 is 9.88 Å². The van der Waals surface area contributed by atoms with Gasteiger partial charge in [-0.15, -0.1) is 0 Å². The van der Waals surface area contributed by atoms with Crippen LogP contribution in [0, 0.1) is 0 Å². The first kappa shape index (κ1) is 20.6. The second-order valence-corrected chi connectivity index (χ2v) is 8.13. The van der Waals surface area contributed by atoms with Crippen molar-refractivity contribution in [2.75, 3.05) is 7.11 Å². The van der Waals surface area contributed by atoms with Crippen molar-refractivity contribution in [3.05, 3.63) is 95.6 Å². The van der Waals surface area contributed by atoms with Crippen LogP contribution in [0.15, 0.2) is 83.8 Å². The lowest BCUT2D eigenvalue weighted by Gasteiger charge is -2.23. The first-order chi connectivity index (χ1) is 13.9. The minimum atomic E-state index is -3.75. The topological polar surface area (TPSA) is 89.7 Å². The second kappa shape index (κ2) is 8.89. The van der Waals surface area contributed by atoms with Crippen LogP contribution >= 0.6 is 0 Å². The van der Waals surface area contributed by atoms with E-state index in [2.05, 4.69) is 0 Å². The van der Waals surface area contributed by atoms with Crippen molar-refractivity contribution >= 4 is 15.9 Å². The van der Waals surface area contributed by atoms with Gasteiger partial charge in [-0.2, -0.15) is 0 Å². The van der Waals surface area contributed by atoms with Gasteiger partial charge in [-0.1, -0.05) is 42.5 Å². The Balaban J connectivity index is 1.86. The molecule has 0 fully saturated rings. The molecule has 0 aliphatic carbocycles. The zero-order chi connectivity index (χ0) is 20.9. The van der Waals surface area contributed by atoms with E-state index in [0.717, 1.165) is 11.1 Å². The third-order valence-electron chi connectivity index (χ3n) is 4.47. The van der Waals surface area contributed by atoms with E-state index in [1.807, 2.05) is 30.3 Å². The zero-order valence-corrected chi connectivity index (χ0v) is 16.8. The molecule has 0 aromatic heterocycles. The van der Waals surface area contributed by atoms with Gasteiger partial charge in [0.15, 0.2) is 0 Å². The Morgan fingerprint density at radius 1 is 0.862 bits per heavy atom. The van der Waals surface area contributed by atoms with Crippen LogP contribution in [0.3, 0.4) is 0 Å². The van der Waals surface area contributed by atoms with Crippen molar-refractivity contribution in [1.82, 2.24) is 4.90 Å². The third-order valence-corrected chi connectivity index (χ3v) is 5.39. The van der Waals surface area contributed by atoms with Crippen molar-refractivity contribution < 1.29 is 17.9 Å². The maximum absolute atomic E-state index is 13.1. The Morgan fingerprint density at radius 2 is 1.41 bits per heavy atom. The van der Waals surface area contributed by atoms with Crippen molar-refractivity contribution in [1.29, 1.82) is 0 Å². The molecule has 0 saturated heterocycles. The normalized spacial score (nSPS) is 11.1. The zero-order valence-electron chi connectivity index (χ0n) is 16.0. The summed E-state index contributed by atoms with van der Waals surface area (Å²) >= 11 is 0. The number of carbonyl (C=O) groups excluding carboxylic acids is 1. The molecule has 0 spiro atoms. The Morgan fingerprint density at radius 3 is 1.93 bits per heavy atom. The summed E-state index contributed by atoms with van der Waals surface area (Å²) in [5.74, 6) is 0.543. The standard InChI is InChI=1S/C22H22N2O4S/c1-28-20-11-9-19(10-12-20)22(25)24(15-17-5-3-2-4-6-17)16-18-7-13-21(14-8-18)29(23,26)27/h2-14H,15-16H2,1H3,(H2,23,26,27). The predicted octanol–water partition coefficient (Wildman–Crippen LogP) is 3.19. The van der Waals surface area contributed by atoms with E-state index in [-0.39, 0.29) is 10.8 Å². The molecule has 3 aromatic rings. The van der Waals surface area contributed by atoms with E-state index in [9.17, 15) is 13.2 Å². The molecule has 2 N–H and O–H groups in total. The van der Waals surface area contributed by atoms with Gasteiger partial charge in [-0.25, -0.2) is 13.6 Å². The van der Waals surface area contributed by atoms with E-state index in [1.54, 1.807) is 48.4 Å². The number of carbonyl (C=O) groups is 1. The average Bonchev–Trinajstić information content (AvgIpc) is 2.73. The first-order valence-electron chi connectivity index (χ1n) is 8.96. The van der Waals surface area contributed by atoms with Crippen molar-refractivity contribution in [3.63, 3.8) is 0 Å². The number of nitrogens with two attached hydrogens (primary N) is 1.